The summed E-state index contributed by atoms with van der Waals surface area (Å²) in [5, 5.41) is 4.79. The van der Waals surface area contributed by atoms with E-state index in [2.05, 4.69) is 20.1 Å². The third-order valence-electron chi connectivity index (χ3n) is 2.99. The van der Waals surface area contributed by atoms with Crippen LogP contribution in [0, 0.1) is 0 Å². The summed E-state index contributed by atoms with van der Waals surface area (Å²) in [7, 11) is 2.42. The van der Waals surface area contributed by atoms with Crippen molar-refractivity contribution in [2.45, 2.75) is 13.8 Å². The number of hydrogen-bond donors (Lipinski definition) is 2. The quantitative estimate of drug-likeness (QED) is 0.578. The highest BCUT2D eigenvalue weighted by Gasteiger charge is 2.12. The van der Waals surface area contributed by atoms with E-state index in [0.717, 1.165) is 0 Å². The van der Waals surface area contributed by atoms with Gasteiger partial charge in [-0.3, -0.25) is 9.59 Å². The van der Waals surface area contributed by atoms with E-state index in [0.29, 0.717) is 11.1 Å². The summed E-state index contributed by atoms with van der Waals surface area (Å²) < 4.78 is 9.23. The molecule has 2 amide bonds. The highest BCUT2D eigenvalue weighted by atomic mass is 16.5. The Kier molecular flexibility index (Phi) is 7.75. The van der Waals surface area contributed by atoms with E-state index in [9.17, 15) is 19.2 Å². The van der Waals surface area contributed by atoms with Crippen LogP contribution in [0.3, 0.4) is 0 Å². The van der Waals surface area contributed by atoms with Crippen LogP contribution in [0.1, 0.15) is 25.0 Å². The molecular formula is C18H20N2O6. The lowest BCUT2D eigenvalue weighted by atomic mass is 10.1. The second-order valence-electron chi connectivity index (χ2n) is 5.13. The van der Waals surface area contributed by atoms with E-state index in [1.54, 1.807) is 24.3 Å². The van der Waals surface area contributed by atoms with Gasteiger partial charge >= 0.3 is 11.9 Å². The van der Waals surface area contributed by atoms with Crippen molar-refractivity contribution in [3.8, 4) is 0 Å². The lowest BCUT2D eigenvalue weighted by molar-refractivity contribution is -0.138. The fraction of sp³-hybridized carbons (Fsp3) is 0.222. The maximum Gasteiger partial charge on any atom is 0.354 e. The number of carbonyl (C=O) groups is 4. The number of nitrogens with one attached hydrogen (secondary N) is 2. The minimum absolute atomic E-state index is 0.00297. The molecule has 0 heterocycles. The Hall–Kier alpha value is -3.42. The number of amides is 2. The van der Waals surface area contributed by atoms with Crippen LogP contribution in [0.25, 0.3) is 12.2 Å². The highest BCUT2D eigenvalue weighted by molar-refractivity contribution is 5.98. The van der Waals surface area contributed by atoms with Crippen LogP contribution in [-0.4, -0.2) is 38.0 Å². The van der Waals surface area contributed by atoms with Gasteiger partial charge in [-0.25, -0.2) is 9.59 Å². The summed E-state index contributed by atoms with van der Waals surface area (Å²) in [5.74, 6) is -2.16. The molecule has 0 bridgehead atoms. The Morgan fingerprint density at radius 1 is 0.731 bits per heavy atom. The van der Waals surface area contributed by atoms with Crippen LogP contribution in [0.2, 0.25) is 0 Å². The molecule has 0 aliphatic rings. The molecule has 8 nitrogen and oxygen atoms in total. The largest absolute Gasteiger partial charge is 0.464 e. The predicted molar refractivity (Wildman–Crippen MR) is 94.1 cm³/mol. The minimum atomic E-state index is -0.678. The van der Waals surface area contributed by atoms with Crippen LogP contribution >= 0.6 is 0 Å². The maximum absolute atomic E-state index is 11.7. The van der Waals surface area contributed by atoms with E-state index < -0.39 is 23.8 Å². The molecule has 1 aromatic carbocycles. The molecule has 1 aromatic rings. The number of rotatable bonds is 6. The number of hydrogen-bond acceptors (Lipinski definition) is 6. The summed E-state index contributed by atoms with van der Waals surface area (Å²) in [6.45, 7) is 2.56. The van der Waals surface area contributed by atoms with Crippen molar-refractivity contribution in [3.05, 3.63) is 46.8 Å². The van der Waals surface area contributed by atoms with Gasteiger partial charge in [-0.1, -0.05) is 24.3 Å². The average molecular weight is 360 g/mol. The Morgan fingerprint density at radius 2 is 1.04 bits per heavy atom. The van der Waals surface area contributed by atoms with Gasteiger partial charge < -0.3 is 20.1 Å². The summed E-state index contributed by atoms with van der Waals surface area (Å²) in [6.07, 6.45) is 2.91. The molecular weight excluding hydrogens is 340 g/mol. The van der Waals surface area contributed by atoms with Crippen molar-refractivity contribution in [1.29, 1.82) is 0 Å². The molecule has 0 aromatic heterocycles. The summed E-state index contributed by atoms with van der Waals surface area (Å²) in [6, 6.07) is 6.66. The van der Waals surface area contributed by atoms with Crippen LogP contribution in [0.15, 0.2) is 35.7 Å². The molecule has 0 aliphatic carbocycles. The van der Waals surface area contributed by atoms with Gasteiger partial charge in [0.05, 0.1) is 14.2 Å². The first kappa shape index (κ1) is 20.6. The van der Waals surface area contributed by atoms with Gasteiger partial charge in [-0.15, -0.1) is 0 Å². The van der Waals surface area contributed by atoms with Gasteiger partial charge in [-0.2, -0.15) is 0 Å². The molecule has 0 spiro atoms. The van der Waals surface area contributed by atoms with Gasteiger partial charge in [0.25, 0.3) is 0 Å². The van der Waals surface area contributed by atoms with Gasteiger partial charge in [0.2, 0.25) is 11.8 Å². The first-order valence-corrected chi connectivity index (χ1v) is 7.52. The molecule has 8 heteroatoms. The topological polar surface area (TPSA) is 111 Å². The molecule has 0 saturated carbocycles. The van der Waals surface area contributed by atoms with Crippen molar-refractivity contribution < 1.29 is 28.7 Å². The van der Waals surface area contributed by atoms with Crippen LogP contribution in [0.4, 0.5) is 0 Å². The van der Waals surface area contributed by atoms with Crippen LogP contribution < -0.4 is 10.6 Å². The van der Waals surface area contributed by atoms with Gasteiger partial charge in [0.1, 0.15) is 11.4 Å². The zero-order valence-corrected chi connectivity index (χ0v) is 14.9. The Labute approximate surface area is 150 Å². The average Bonchev–Trinajstić information content (AvgIpc) is 2.59. The number of methoxy groups -OCH3 is 2. The molecule has 26 heavy (non-hydrogen) atoms. The smallest absolute Gasteiger partial charge is 0.354 e. The number of benzene rings is 1. The zero-order valence-electron chi connectivity index (χ0n) is 14.9. The highest BCUT2D eigenvalue weighted by Crippen LogP contribution is 2.12. The standard InChI is InChI=1S/C18H20N2O6/c1-11(21)19-15(17(23)25-3)9-13-5-7-14(8-6-13)10-16(18(24)26-4)20-12(2)22/h5-10H,1-4H3,(H,19,21)(H,20,22). The molecule has 0 saturated heterocycles. The normalized spacial score (nSPS) is 11.4. The summed E-state index contributed by atoms with van der Waals surface area (Å²) in [4.78, 5) is 45.7. The Bertz CT molecular complexity index is 697. The number of esters is 2. The van der Waals surface area contributed by atoms with E-state index >= 15 is 0 Å². The van der Waals surface area contributed by atoms with Gasteiger partial charge in [0.15, 0.2) is 0 Å². The van der Waals surface area contributed by atoms with E-state index in [4.69, 9.17) is 0 Å². The summed E-state index contributed by atoms with van der Waals surface area (Å²) >= 11 is 0. The van der Waals surface area contributed by atoms with Gasteiger partial charge in [0, 0.05) is 13.8 Å². The van der Waals surface area contributed by atoms with E-state index in [1.807, 2.05) is 0 Å². The first-order chi connectivity index (χ1) is 12.3. The van der Waals surface area contributed by atoms with E-state index in [-0.39, 0.29) is 11.4 Å². The monoisotopic (exact) mass is 360 g/mol. The lowest BCUT2D eigenvalue weighted by Gasteiger charge is -2.07. The molecule has 138 valence electrons. The molecule has 1 rings (SSSR count). The minimum Gasteiger partial charge on any atom is -0.464 e. The Balaban J connectivity index is 3.12. The predicted octanol–water partition coefficient (Wildman–Crippen LogP) is 0.987. The molecule has 2 N–H and O–H groups in total. The van der Waals surface area contributed by atoms with Crippen molar-refractivity contribution in [2.75, 3.05) is 14.2 Å². The van der Waals surface area contributed by atoms with Gasteiger partial charge in [-0.05, 0) is 23.3 Å². The summed E-state index contributed by atoms with van der Waals surface area (Å²) in [5.41, 5.74) is 1.24. The van der Waals surface area contributed by atoms with E-state index in [1.165, 1.54) is 40.2 Å². The fourth-order valence-electron chi connectivity index (χ4n) is 1.91. The Morgan fingerprint density at radius 3 is 1.27 bits per heavy atom. The fourth-order valence-corrected chi connectivity index (χ4v) is 1.91. The number of carbonyl (C=O) groups excluding carboxylic acids is 4. The van der Waals surface area contributed by atoms with Crippen molar-refractivity contribution in [1.82, 2.24) is 10.6 Å². The molecule has 0 atom stereocenters. The van der Waals surface area contributed by atoms with Crippen molar-refractivity contribution in [3.63, 3.8) is 0 Å². The zero-order chi connectivity index (χ0) is 19.7. The first-order valence-electron chi connectivity index (χ1n) is 7.52. The molecule has 0 aliphatic heterocycles. The second kappa shape index (κ2) is 9.77. The third-order valence-corrected chi connectivity index (χ3v) is 2.99. The van der Waals surface area contributed by atoms with Crippen molar-refractivity contribution >= 4 is 35.9 Å². The SMILES string of the molecule is COC(=O)C(=Cc1ccc(C=C(NC(C)=O)C(=O)OC)cc1)NC(C)=O. The third kappa shape index (κ3) is 6.60. The molecule has 0 fully saturated rings. The molecule has 0 unspecified atom stereocenters. The molecule has 0 radical (unpaired) electrons. The lowest BCUT2D eigenvalue weighted by Crippen LogP contribution is -2.25. The van der Waals surface area contributed by atoms with Crippen LogP contribution in [-0.2, 0) is 28.7 Å². The number of ether oxygens (including phenoxy) is 2. The maximum atomic E-state index is 11.7. The second-order valence-corrected chi connectivity index (χ2v) is 5.13. The van der Waals surface area contributed by atoms with Crippen LogP contribution in [0.5, 0.6) is 0 Å². The van der Waals surface area contributed by atoms with Crippen molar-refractivity contribution in [2.24, 2.45) is 0 Å².